The van der Waals surface area contributed by atoms with Gasteiger partial charge in [-0.1, -0.05) is 0 Å². The van der Waals surface area contributed by atoms with Crippen LogP contribution >= 0.6 is 11.8 Å². The van der Waals surface area contributed by atoms with Crippen LogP contribution in [0.15, 0.2) is 0 Å². The Hall–Kier alpha value is -0.950. The number of thioether (sulfide) groups is 1. The molecule has 0 bridgehead atoms. The first kappa shape index (κ1) is 17.1. The normalized spacial score (nSPS) is 19.4. The van der Waals surface area contributed by atoms with Crippen LogP contribution in [0.1, 0.15) is 26.2 Å². The third-order valence-corrected chi connectivity index (χ3v) is 4.36. The van der Waals surface area contributed by atoms with Crippen molar-refractivity contribution in [3.63, 3.8) is 0 Å². The topological polar surface area (TPSA) is 89.9 Å². The van der Waals surface area contributed by atoms with Crippen molar-refractivity contribution in [2.75, 3.05) is 25.1 Å². The van der Waals surface area contributed by atoms with Crippen LogP contribution in [0, 0.1) is 5.92 Å². The van der Waals surface area contributed by atoms with Gasteiger partial charge >= 0.3 is 12.0 Å². The van der Waals surface area contributed by atoms with E-state index in [1.165, 1.54) is 0 Å². The first-order valence-corrected chi connectivity index (χ1v) is 8.30. The zero-order valence-corrected chi connectivity index (χ0v) is 12.9. The Kier molecular flexibility index (Phi) is 7.15. The van der Waals surface area contributed by atoms with Crippen molar-refractivity contribution in [1.82, 2.24) is 10.2 Å². The van der Waals surface area contributed by atoms with Crippen LogP contribution < -0.4 is 5.32 Å². The second kappa shape index (κ2) is 8.36. The smallest absolute Gasteiger partial charge is 0.326 e. The molecule has 2 amide bonds. The summed E-state index contributed by atoms with van der Waals surface area (Å²) in [6.45, 7) is 2.90. The van der Waals surface area contributed by atoms with Crippen molar-refractivity contribution in [3.05, 3.63) is 0 Å². The number of carbonyl (C=O) groups is 2. The Morgan fingerprint density at radius 1 is 1.40 bits per heavy atom. The first-order valence-electron chi connectivity index (χ1n) is 6.91. The van der Waals surface area contributed by atoms with Gasteiger partial charge in [0.25, 0.3) is 0 Å². The highest BCUT2D eigenvalue weighted by atomic mass is 32.2. The summed E-state index contributed by atoms with van der Waals surface area (Å²) in [5.41, 5.74) is 0. The molecule has 0 saturated carbocycles. The lowest BCUT2D eigenvalue weighted by molar-refractivity contribution is -0.139. The molecule has 1 unspecified atom stereocenters. The molecule has 7 heteroatoms. The van der Waals surface area contributed by atoms with Crippen LogP contribution in [0.4, 0.5) is 4.79 Å². The molecule has 1 aliphatic heterocycles. The molecule has 0 spiro atoms. The predicted octanol–water partition coefficient (Wildman–Crippen LogP) is 0.995. The fourth-order valence-electron chi connectivity index (χ4n) is 2.32. The van der Waals surface area contributed by atoms with E-state index in [2.05, 4.69) is 5.32 Å². The maximum Gasteiger partial charge on any atom is 0.326 e. The van der Waals surface area contributed by atoms with E-state index in [-0.39, 0.29) is 18.1 Å². The van der Waals surface area contributed by atoms with Crippen molar-refractivity contribution >= 4 is 23.8 Å². The number of rotatable bonds is 6. The van der Waals surface area contributed by atoms with Gasteiger partial charge in [0.2, 0.25) is 0 Å². The molecule has 1 rings (SSSR count). The third kappa shape index (κ3) is 5.20. The molecule has 0 aliphatic carbocycles. The average molecular weight is 304 g/mol. The standard InChI is InChI=1S/C13H24N2O4S/c1-9(16)10-3-6-15(7-4-10)13(19)14-11(12(17)18)5-8-20-2/h9-11,16H,3-8H2,1-2H3,(H,14,19)(H,17,18)/t9?,11-/m0/s1. The largest absolute Gasteiger partial charge is 0.480 e. The molecule has 6 nitrogen and oxygen atoms in total. The molecule has 116 valence electrons. The van der Waals surface area contributed by atoms with Gasteiger partial charge in [0, 0.05) is 13.1 Å². The van der Waals surface area contributed by atoms with Gasteiger partial charge in [0.05, 0.1) is 6.10 Å². The fraction of sp³-hybridized carbons (Fsp3) is 0.846. The molecule has 0 radical (unpaired) electrons. The Morgan fingerprint density at radius 2 is 2.00 bits per heavy atom. The Balaban J connectivity index is 2.43. The molecule has 1 aliphatic rings. The van der Waals surface area contributed by atoms with Crippen LogP contribution in [0.5, 0.6) is 0 Å². The third-order valence-electron chi connectivity index (χ3n) is 3.72. The minimum atomic E-state index is -0.994. The van der Waals surface area contributed by atoms with E-state index in [1.54, 1.807) is 23.6 Å². The van der Waals surface area contributed by atoms with Gasteiger partial charge in [0.1, 0.15) is 6.04 Å². The number of urea groups is 1. The summed E-state index contributed by atoms with van der Waals surface area (Å²) in [6.07, 6.45) is 3.49. The van der Waals surface area contributed by atoms with E-state index in [1.807, 2.05) is 6.26 Å². The summed E-state index contributed by atoms with van der Waals surface area (Å²) >= 11 is 1.56. The maximum atomic E-state index is 12.0. The van der Waals surface area contributed by atoms with E-state index >= 15 is 0 Å². The molecular weight excluding hydrogens is 280 g/mol. The molecule has 20 heavy (non-hydrogen) atoms. The van der Waals surface area contributed by atoms with Crippen molar-refractivity contribution in [3.8, 4) is 0 Å². The van der Waals surface area contributed by atoms with Gasteiger partial charge in [-0.25, -0.2) is 9.59 Å². The van der Waals surface area contributed by atoms with E-state index in [0.29, 0.717) is 25.3 Å². The quantitative estimate of drug-likeness (QED) is 0.681. The number of amides is 2. The summed E-state index contributed by atoms with van der Waals surface area (Å²) in [5.74, 6) is -0.0708. The van der Waals surface area contributed by atoms with E-state index in [4.69, 9.17) is 5.11 Å². The van der Waals surface area contributed by atoms with Crippen molar-refractivity contribution < 1.29 is 19.8 Å². The lowest BCUT2D eigenvalue weighted by Gasteiger charge is -2.33. The minimum Gasteiger partial charge on any atom is -0.480 e. The molecule has 1 saturated heterocycles. The van der Waals surface area contributed by atoms with Crippen LogP contribution in [0.2, 0.25) is 0 Å². The summed E-state index contributed by atoms with van der Waals surface area (Å²) < 4.78 is 0. The van der Waals surface area contributed by atoms with Gasteiger partial charge in [-0.3, -0.25) is 0 Å². The molecule has 3 N–H and O–H groups in total. The highest BCUT2D eigenvalue weighted by Gasteiger charge is 2.27. The number of aliphatic carboxylic acids is 1. The van der Waals surface area contributed by atoms with E-state index < -0.39 is 12.0 Å². The molecular formula is C13H24N2O4S. The van der Waals surface area contributed by atoms with Crippen LogP contribution in [0.25, 0.3) is 0 Å². The number of hydrogen-bond acceptors (Lipinski definition) is 4. The number of likely N-dealkylation sites (tertiary alicyclic amines) is 1. The molecule has 1 heterocycles. The van der Waals surface area contributed by atoms with Gasteiger partial charge in [-0.15, -0.1) is 0 Å². The van der Waals surface area contributed by atoms with Gasteiger partial charge in [0.15, 0.2) is 0 Å². The summed E-state index contributed by atoms with van der Waals surface area (Å²) in [4.78, 5) is 24.8. The summed E-state index contributed by atoms with van der Waals surface area (Å²) in [7, 11) is 0. The zero-order valence-electron chi connectivity index (χ0n) is 12.0. The lowest BCUT2D eigenvalue weighted by atomic mass is 9.92. The maximum absolute atomic E-state index is 12.0. The SMILES string of the molecule is CSCC[C@H](NC(=O)N1CCC(C(C)O)CC1)C(=O)O. The van der Waals surface area contributed by atoms with Crippen LogP contribution in [0.3, 0.4) is 0 Å². The Bertz CT molecular complexity index is 330. The molecule has 1 fully saturated rings. The predicted molar refractivity (Wildman–Crippen MR) is 78.9 cm³/mol. The summed E-state index contributed by atoms with van der Waals surface area (Å²) in [6, 6.07) is -1.15. The van der Waals surface area contributed by atoms with E-state index in [0.717, 1.165) is 12.8 Å². The first-order chi connectivity index (χ1) is 9.45. The number of carboxylic acids is 1. The zero-order chi connectivity index (χ0) is 15.1. The lowest BCUT2D eigenvalue weighted by Crippen LogP contribution is -2.51. The highest BCUT2D eigenvalue weighted by Crippen LogP contribution is 2.20. The monoisotopic (exact) mass is 304 g/mol. The van der Waals surface area contributed by atoms with Crippen molar-refractivity contribution in [2.24, 2.45) is 5.92 Å². The molecule has 0 aromatic carbocycles. The molecule has 0 aromatic heterocycles. The molecule has 2 atom stereocenters. The number of carbonyl (C=O) groups excluding carboxylic acids is 1. The Morgan fingerprint density at radius 3 is 2.45 bits per heavy atom. The number of aliphatic hydroxyl groups excluding tert-OH is 1. The molecule has 0 aromatic rings. The highest BCUT2D eigenvalue weighted by molar-refractivity contribution is 7.98. The second-order valence-corrected chi connectivity index (χ2v) is 6.17. The average Bonchev–Trinajstić information content (AvgIpc) is 2.42. The number of hydrogen-bond donors (Lipinski definition) is 3. The number of carboxylic acid groups (broad SMARTS) is 1. The second-order valence-electron chi connectivity index (χ2n) is 5.19. The Labute approximate surface area is 123 Å². The van der Waals surface area contributed by atoms with E-state index in [9.17, 15) is 14.7 Å². The van der Waals surface area contributed by atoms with Crippen LogP contribution in [-0.2, 0) is 4.79 Å². The number of aliphatic hydroxyl groups is 1. The number of piperidine rings is 1. The van der Waals surface area contributed by atoms with Gasteiger partial charge < -0.3 is 20.4 Å². The minimum absolute atomic E-state index is 0.228. The van der Waals surface area contributed by atoms with Crippen molar-refractivity contribution in [1.29, 1.82) is 0 Å². The van der Waals surface area contributed by atoms with Gasteiger partial charge in [-0.2, -0.15) is 11.8 Å². The van der Waals surface area contributed by atoms with Crippen LogP contribution in [-0.4, -0.2) is 64.4 Å². The summed E-state index contributed by atoms with van der Waals surface area (Å²) in [5, 5.41) is 21.2. The number of nitrogens with zero attached hydrogens (tertiary/aromatic N) is 1. The fourth-order valence-corrected chi connectivity index (χ4v) is 2.79. The number of nitrogens with one attached hydrogen (secondary N) is 1. The van der Waals surface area contributed by atoms with Crippen molar-refractivity contribution in [2.45, 2.75) is 38.3 Å². The van der Waals surface area contributed by atoms with Gasteiger partial charge in [-0.05, 0) is 44.1 Å².